The number of likely N-dealkylation sites (N-methyl/N-ethyl adjacent to an activating group) is 1. The fourth-order valence-corrected chi connectivity index (χ4v) is 1.09. The average Bonchev–Trinajstić information content (AvgIpc) is 2.17. The second kappa shape index (κ2) is 5.63. The van der Waals surface area contributed by atoms with Gasteiger partial charge in [-0.3, -0.25) is 0 Å². The van der Waals surface area contributed by atoms with Crippen molar-refractivity contribution in [3.05, 3.63) is 29.8 Å². The summed E-state index contributed by atoms with van der Waals surface area (Å²) in [5.74, 6) is -1.99. The molecule has 0 amide bonds. The van der Waals surface area contributed by atoms with Gasteiger partial charge in [0.2, 0.25) is 0 Å². The lowest BCUT2D eigenvalue weighted by atomic mass is 10.3. The summed E-state index contributed by atoms with van der Waals surface area (Å²) in [6, 6.07) is 3.45. The van der Waals surface area contributed by atoms with Gasteiger partial charge in [0.1, 0.15) is 12.7 Å². The van der Waals surface area contributed by atoms with Crippen molar-refractivity contribution in [2.24, 2.45) is 0 Å². The zero-order valence-corrected chi connectivity index (χ0v) is 8.34. The molecule has 0 aliphatic heterocycles. The minimum Gasteiger partial charge on any atom is -0.485 e. The third kappa shape index (κ3) is 3.45. The van der Waals surface area contributed by atoms with Crippen molar-refractivity contribution < 1.29 is 18.6 Å². The summed E-state index contributed by atoms with van der Waals surface area (Å²) in [5.41, 5.74) is 0. The molecule has 0 fully saturated rings. The molecule has 2 N–H and O–H groups in total. The Labute approximate surface area is 86.7 Å². The van der Waals surface area contributed by atoms with Gasteiger partial charge in [0.15, 0.2) is 17.4 Å². The number of rotatable bonds is 5. The van der Waals surface area contributed by atoms with Gasteiger partial charge in [-0.15, -0.1) is 0 Å². The molecular formula is C10H13F2NO2. The molecule has 1 aromatic rings. The highest BCUT2D eigenvalue weighted by atomic mass is 19.1. The minimum atomic E-state index is -0.797. The maximum atomic E-state index is 13.0. The summed E-state index contributed by atoms with van der Waals surface area (Å²) >= 11 is 0. The lowest BCUT2D eigenvalue weighted by Crippen LogP contribution is -2.29. The van der Waals surface area contributed by atoms with E-state index < -0.39 is 23.5 Å². The molecule has 3 nitrogen and oxygen atoms in total. The first-order valence-corrected chi connectivity index (χ1v) is 4.54. The topological polar surface area (TPSA) is 41.5 Å². The summed E-state index contributed by atoms with van der Waals surface area (Å²) in [7, 11) is 1.66. The monoisotopic (exact) mass is 217 g/mol. The van der Waals surface area contributed by atoms with Crippen LogP contribution >= 0.6 is 0 Å². The number of ether oxygens (including phenoxy) is 1. The van der Waals surface area contributed by atoms with Gasteiger partial charge in [0.25, 0.3) is 0 Å². The van der Waals surface area contributed by atoms with Crippen LogP contribution in [0.25, 0.3) is 0 Å². The van der Waals surface area contributed by atoms with Gasteiger partial charge in [-0.1, -0.05) is 6.07 Å². The molecule has 0 aliphatic rings. The Morgan fingerprint density at radius 3 is 2.53 bits per heavy atom. The lowest BCUT2D eigenvalue weighted by molar-refractivity contribution is 0.103. The molecule has 0 saturated carbocycles. The number of benzene rings is 1. The van der Waals surface area contributed by atoms with Gasteiger partial charge >= 0.3 is 0 Å². The Morgan fingerprint density at radius 1 is 1.40 bits per heavy atom. The van der Waals surface area contributed by atoms with E-state index in [0.717, 1.165) is 12.1 Å². The third-order valence-corrected chi connectivity index (χ3v) is 1.78. The number of aliphatic hydroxyl groups is 1. The number of nitrogens with one attached hydrogen (secondary N) is 1. The first-order valence-electron chi connectivity index (χ1n) is 4.54. The predicted molar refractivity (Wildman–Crippen MR) is 51.8 cm³/mol. The SMILES string of the molecule is CNCC(O)COc1c(F)cccc1F. The highest BCUT2D eigenvalue weighted by Crippen LogP contribution is 2.20. The van der Waals surface area contributed by atoms with Crippen LogP contribution in [0.2, 0.25) is 0 Å². The molecule has 0 heterocycles. The quantitative estimate of drug-likeness (QED) is 0.770. The highest BCUT2D eigenvalue weighted by molar-refractivity contribution is 5.25. The number of hydrogen-bond acceptors (Lipinski definition) is 3. The van der Waals surface area contributed by atoms with E-state index in [2.05, 4.69) is 5.32 Å². The Hall–Kier alpha value is -1.20. The van der Waals surface area contributed by atoms with Gasteiger partial charge in [-0.05, 0) is 19.2 Å². The van der Waals surface area contributed by atoms with Gasteiger partial charge in [0.05, 0.1) is 0 Å². The van der Waals surface area contributed by atoms with E-state index in [9.17, 15) is 13.9 Å². The number of para-hydroxylation sites is 1. The van der Waals surface area contributed by atoms with Crippen molar-refractivity contribution in [2.45, 2.75) is 6.10 Å². The van der Waals surface area contributed by atoms with Crippen LogP contribution in [0.5, 0.6) is 5.75 Å². The molecule has 0 radical (unpaired) electrons. The van der Waals surface area contributed by atoms with Gasteiger partial charge < -0.3 is 15.2 Å². The molecule has 84 valence electrons. The Kier molecular flexibility index (Phi) is 4.45. The zero-order chi connectivity index (χ0) is 11.3. The Bertz CT molecular complexity index is 300. The van der Waals surface area contributed by atoms with Crippen molar-refractivity contribution in [1.82, 2.24) is 5.32 Å². The molecule has 0 aliphatic carbocycles. The highest BCUT2D eigenvalue weighted by Gasteiger charge is 2.11. The van der Waals surface area contributed by atoms with E-state index in [1.807, 2.05) is 0 Å². The maximum Gasteiger partial charge on any atom is 0.190 e. The normalized spacial score (nSPS) is 12.5. The van der Waals surface area contributed by atoms with Crippen LogP contribution in [0, 0.1) is 11.6 Å². The van der Waals surface area contributed by atoms with Crippen LogP contribution in [0.1, 0.15) is 0 Å². The van der Waals surface area contributed by atoms with E-state index >= 15 is 0 Å². The standard InChI is InChI=1S/C10H13F2NO2/c1-13-5-7(14)6-15-10-8(11)3-2-4-9(10)12/h2-4,7,13-14H,5-6H2,1H3. The average molecular weight is 217 g/mol. The zero-order valence-electron chi connectivity index (χ0n) is 8.34. The molecular weight excluding hydrogens is 204 g/mol. The van der Waals surface area contributed by atoms with Crippen LogP contribution in [0.3, 0.4) is 0 Å². The number of halogens is 2. The Balaban J connectivity index is 2.57. The van der Waals surface area contributed by atoms with E-state index in [4.69, 9.17) is 4.74 Å². The van der Waals surface area contributed by atoms with E-state index in [0.29, 0.717) is 6.54 Å². The van der Waals surface area contributed by atoms with Crippen molar-refractivity contribution in [2.75, 3.05) is 20.2 Å². The van der Waals surface area contributed by atoms with Gasteiger partial charge in [0, 0.05) is 6.54 Å². The molecule has 1 atom stereocenters. The molecule has 1 rings (SSSR count). The maximum absolute atomic E-state index is 13.0. The largest absolute Gasteiger partial charge is 0.485 e. The second-order valence-corrected chi connectivity index (χ2v) is 3.07. The summed E-state index contributed by atoms with van der Waals surface area (Å²) in [4.78, 5) is 0. The first-order chi connectivity index (χ1) is 7.15. The molecule has 5 heteroatoms. The molecule has 1 unspecified atom stereocenters. The summed E-state index contributed by atoms with van der Waals surface area (Å²) in [5, 5.41) is 12.0. The van der Waals surface area contributed by atoms with Gasteiger partial charge in [-0.2, -0.15) is 0 Å². The fourth-order valence-electron chi connectivity index (χ4n) is 1.09. The lowest BCUT2D eigenvalue weighted by Gasteiger charge is -2.12. The molecule has 0 bridgehead atoms. The molecule has 0 spiro atoms. The molecule has 0 aromatic heterocycles. The predicted octanol–water partition coefficient (Wildman–Crippen LogP) is 0.924. The second-order valence-electron chi connectivity index (χ2n) is 3.07. The van der Waals surface area contributed by atoms with Crippen LogP contribution in [-0.4, -0.2) is 31.4 Å². The van der Waals surface area contributed by atoms with Crippen molar-refractivity contribution >= 4 is 0 Å². The summed E-state index contributed by atoms with van der Waals surface area (Å²) in [6.45, 7) is 0.148. The van der Waals surface area contributed by atoms with E-state index in [-0.39, 0.29) is 6.61 Å². The molecule has 1 aromatic carbocycles. The van der Waals surface area contributed by atoms with Crippen molar-refractivity contribution in [3.63, 3.8) is 0 Å². The van der Waals surface area contributed by atoms with Gasteiger partial charge in [-0.25, -0.2) is 8.78 Å². The van der Waals surface area contributed by atoms with Crippen LogP contribution < -0.4 is 10.1 Å². The minimum absolute atomic E-state index is 0.154. The number of aliphatic hydroxyl groups excluding tert-OH is 1. The fraction of sp³-hybridized carbons (Fsp3) is 0.400. The van der Waals surface area contributed by atoms with Crippen molar-refractivity contribution in [1.29, 1.82) is 0 Å². The van der Waals surface area contributed by atoms with E-state index in [1.54, 1.807) is 7.05 Å². The number of hydrogen-bond donors (Lipinski definition) is 2. The molecule has 15 heavy (non-hydrogen) atoms. The first kappa shape index (κ1) is 11.9. The van der Waals surface area contributed by atoms with Crippen molar-refractivity contribution in [3.8, 4) is 5.75 Å². The summed E-state index contributed by atoms with van der Waals surface area (Å²) < 4.78 is 30.9. The van der Waals surface area contributed by atoms with Crippen LogP contribution in [-0.2, 0) is 0 Å². The van der Waals surface area contributed by atoms with E-state index in [1.165, 1.54) is 6.07 Å². The summed E-state index contributed by atoms with van der Waals surface area (Å²) in [6.07, 6.45) is -0.797. The molecule has 0 saturated heterocycles. The smallest absolute Gasteiger partial charge is 0.190 e. The third-order valence-electron chi connectivity index (χ3n) is 1.78. The Morgan fingerprint density at radius 2 is 2.00 bits per heavy atom. The van der Waals surface area contributed by atoms with Crippen LogP contribution in [0.15, 0.2) is 18.2 Å². The van der Waals surface area contributed by atoms with Crippen LogP contribution in [0.4, 0.5) is 8.78 Å².